The standard InChI is InChI=1S/C27H33N3O4/c1-3-34-25(31)17-19-4-5-20-6-7-22(18-23(20)16-19)27(32)29(2)24-10-8-21(9-11-24)26(28)30-12-14-33-15-13-30/h6-11,18-19,28H,3-5,12-17H2,1-2H3. The molecule has 1 atom stereocenters. The Hall–Kier alpha value is -3.19. The molecule has 0 radical (unpaired) electrons. The van der Waals surface area contributed by atoms with Gasteiger partial charge in [0.25, 0.3) is 5.91 Å². The van der Waals surface area contributed by atoms with Gasteiger partial charge in [-0.15, -0.1) is 0 Å². The maximum absolute atomic E-state index is 13.2. The average molecular weight is 464 g/mol. The normalized spacial score (nSPS) is 17.6. The van der Waals surface area contributed by atoms with Gasteiger partial charge in [-0.25, -0.2) is 0 Å². The van der Waals surface area contributed by atoms with Gasteiger partial charge in [0, 0.05) is 43.4 Å². The van der Waals surface area contributed by atoms with Crippen molar-refractivity contribution < 1.29 is 19.1 Å². The summed E-state index contributed by atoms with van der Waals surface area (Å²) in [5, 5.41) is 8.45. The third-order valence-corrected chi connectivity index (χ3v) is 6.70. The fourth-order valence-electron chi connectivity index (χ4n) is 4.72. The number of fused-ring (bicyclic) bond motifs is 1. The number of carbonyl (C=O) groups is 2. The van der Waals surface area contributed by atoms with Gasteiger partial charge in [0.1, 0.15) is 5.84 Å². The summed E-state index contributed by atoms with van der Waals surface area (Å²) in [7, 11) is 1.77. The minimum Gasteiger partial charge on any atom is -0.466 e. The number of benzene rings is 2. The van der Waals surface area contributed by atoms with Gasteiger partial charge in [-0.1, -0.05) is 6.07 Å². The first kappa shape index (κ1) is 24.0. The molecule has 2 aliphatic rings. The molecule has 4 rings (SSSR count). The topological polar surface area (TPSA) is 82.9 Å². The second-order valence-electron chi connectivity index (χ2n) is 8.96. The molecule has 1 saturated heterocycles. The van der Waals surface area contributed by atoms with E-state index in [4.69, 9.17) is 14.9 Å². The average Bonchev–Trinajstić information content (AvgIpc) is 2.87. The van der Waals surface area contributed by atoms with E-state index in [0.29, 0.717) is 37.6 Å². The summed E-state index contributed by atoms with van der Waals surface area (Å²) >= 11 is 0. The van der Waals surface area contributed by atoms with E-state index in [0.717, 1.165) is 49.2 Å². The molecule has 0 saturated carbocycles. The summed E-state index contributed by atoms with van der Waals surface area (Å²) in [5.41, 5.74) is 4.65. The molecular weight excluding hydrogens is 430 g/mol. The molecule has 2 aromatic rings. The molecule has 0 bridgehead atoms. The first-order valence-corrected chi connectivity index (χ1v) is 12.0. The van der Waals surface area contributed by atoms with Crippen molar-refractivity contribution in [3.8, 4) is 0 Å². The van der Waals surface area contributed by atoms with E-state index in [2.05, 4.69) is 0 Å². The summed E-state index contributed by atoms with van der Waals surface area (Å²) in [6.07, 6.45) is 3.10. The van der Waals surface area contributed by atoms with Gasteiger partial charge in [-0.2, -0.15) is 0 Å². The Morgan fingerprint density at radius 1 is 1.09 bits per heavy atom. The van der Waals surface area contributed by atoms with E-state index in [9.17, 15) is 9.59 Å². The predicted octanol–water partition coefficient (Wildman–Crippen LogP) is 3.68. The van der Waals surface area contributed by atoms with Crippen molar-refractivity contribution >= 4 is 23.4 Å². The first-order chi connectivity index (χ1) is 16.5. The molecule has 1 aliphatic carbocycles. The smallest absolute Gasteiger partial charge is 0.306 e. The van der Waals surface area contributed by atoms with Crippen LogP contribution in [0.5, 0.6) is 0 Å². The lowest BCUT2D eigenvalue weighted by Crippen LogP contribution is -2.40. The maximum atomic E-state index is 13.2. The van der Waals surface area contributed by atoms with Crippen LogP contribution in [0.15, 0.2) is 42.5 Å². The van der Waals surface area contributed by atoms with E-state index in [-0.39, 0.29) is 17.8 Å². The Kier molecular flexibility index (Phi) is 7.63. The molecular formula is C27H33N3O4. The van der Waals surface area contributed by atoms with Gasteiger partial charge < -0.3 is 19.3 Å². The highest BCUT2D eigenvalue weighted by atomic mass is 16.5. The Morgan fingerprint density at radius 3 is 2.50 bits per heavy atom. The number of ether oxygens (including phenoxy) is 2. The molecule has 180 valence electrons. The van der Waals surface area contributed by atoms with Crippen LogP contribution in [-0.4, -0.2) is 62.6 Å². The SMILES string of the molecule is CCOC(=O)CC1CCc2ccc(C(=O)N(C)c3ccc(C(=N)N4CCOCC4)cc3)cc2C1. The minimum absolute atomic E-state index is 0.0775. The van der Waals surface area contributed by atoms with Crippen LogP contribution in [0.2, 0.25) is 0 Å². The van der Waals surface area contributed by atoms with Crippen LogP contribution in [0, 0.1) is 11.3 Å². The summed E-state index contributed by atoms with van der Waals surface area (Å²) in [6.45, 7) is 4.95. The van der Waals surface area contributed by atoms with E-state index in [1.54, 1.807) is 11.9 Å². The Bertz CT molecular complexity index is 1040. The zero-order chi connectivity index (χ0) is 24.1. The van der Waals surface area contributed by atoms with Gasteiger partial charge in [0.05, 0.1) is 19.8 Å². The Balaban J connectivity index is 1.42. The van der Waals surface area contributed by atoms with Crippen LogP contribution in [0.3, 0.4) is 0 Å². The number of rotatable bonds is 6. The monoisotopic (exact) mass is 463 g/mol. The number of hydrogen-bond acceptors (Lipinski definition) is 5. The lowest BCUT2D eigenvalue weighted by atomic mass is 9.81. The third-order valence-electron chi connectivity index (χ3n) is 6.70. The largest absolute Gasteiger partial charge is 0.466 e. The van der Waals surface area contributed by atoms with Crippen molar-refractivity contribution in [1.82, 2.24) is 4.90 Å². The molecule has 7 heteroatoms. The van der Waals surface area contributed by atoms with Crippen molar-refractivity contribution in [3.05, 3.63) is 64.7 Å². The maximum Gasteiger partial charge on any atom is 0.306 e. The van der Waals surface area contributed by atoms with Crippen LogP contribution in [0.25, 0.3) is 0 Å². The van der Waals surface area contributed by atoms with Crippen LogP contribution in [0.4, 0.5) is 5.69 Å². The molecule has 0 spiro atoms. The highest BCUT2D eigenvalue weighted by Crippen LogP contribution is 2.29. The molecule has 2 aromatic carbocycles. The number of morpholine rings is 1. The predicted molar refractivity (Wildman–Crippen MR) is 132 cm³/mol. The zero-order valence-electron chi connectivity index (χ0n) is 20.0. The second kappa shape index (κ2) is 10.8. The van der Waals surface area contributed by atoms with Crippen LogP contribution >= 0.6 is 0 Å². The number of carbonyl (C=O) groups excluding carboxylic acids is 2. The van der Waals surface area contributed by atoms with Gasteiger partial charge in [0.2, 0.25) is 0 Å². The summed E-state index contributed by atoms with van der Waals surface area (Å²) < 4.78 is 10.5. The van der Waals surface area contributed by atoms with Gasteiger partial charge >= 0.3 is 5.97 Å². The number of esters is 1. The molecule has 7 nitrogen and oxygen atoms in total. The molecule has 1 heterocycles. The molecule has 34 heavy (non-hydrogen) atoms. The van der Waals surface area contributed by atoms with E-state index < -0.39 is 0 Å². The second-order valence-corrected chi connectivity index (χ2v) is 8.96. The van der Waals surface area contributed by atoms with Crippen LogP contribution in [-0.2, 0) is 27.1 Å². The van der Waals surface area contributed by atoms with Crippen molar-refractivity contribution in [2.24, 2.45) is 5.92 Å². The quantitative estimate of drug-likeness (QED) is 0.401. The molecule has 1 fully saturated rings. The van der Waals surface area contributed by atoms with Crippen molar-refractivity contribution in [1.29, 1.82) is 5.41 Å². The van der Waals surface area contributed by atoms with Crippen molar-refractivity contribution in [2.45, 2.75) is 32.6 Å². The van der Waals surface area contributed by atoms with E-state index in [1.165, 1.54) is 5.56 Å². The Morgan fingerprint density at radius 2 is 1.79 bits per heavy atom. The first-order valence-electron chi connectivity index (χ1n) is 12.0. The number of amidine groups is 1. The number of hydrogen-bond donors (Lipinski definition) is 1. The summed E-state index contributed by atoms with van der Waals surface area (Å²) in [4.78, 5) is 28.8. The lowest BCUT2D eigenvalue weighted by molar-refractivity contribution is -0.144. The Labute approximate surface area is 201 Å². The fraction of sp³-hybridized carbons (Fsp3) is 0.444. The zero-order valence-corrected chi connectivity index (χ0v) is 20.0. The van der Waals surface area contributed by atoms with Crippen LogP contribution in [0.1, 0.15) is 46.8 Å². The van der Waals surface area contributed by atoms with Gasteiger partial charge in [-0.3, -0.25) is 15.0 Å². The molecule has 1 N–H and O–H groups in total. The number of amides is 1. The molecule has 1 amide bonds. The van der Waals surface area contributed by atoms with Crippen molar-refractivity contribution in [2.75, 3.05) is 44.9 Å². The minimum atomic E-state index is -0.145. The van der Waals surface area contributed by atoms with Crippen LogP contribution < -0.4 is 4.90 Å². The molecule has 1 aliphatic heterocycles. The highest BCUT2D eigenvalue weighted by Gasteiger charge is 2.24. The van der Waals surface area contributed by atoms with Gasteiger partial charge in [0.15, 0.2) is 0 Å². The summed E-state index contributed by atoms with van der Waals surface area (Å²) in [6, 6.07) is 13.5. The van der Waals surface area contributed by atoms with Gasteiger partial charge in [-0.05, 0) is 79.6 Å². The number of anilines is 1. The molecule has 0 aromatic heterocycles. The summed E-state index contributed by atoms with van der Waals surface area (Å²) in [5.74, 6) is 0.513. The third kappa shape index (κ3) is 5.47. The van der Waals surface area contributed by atoms with E-state index in [1.807, 2.05) is 54.3 Å². The fourth-order valence-corrected chi connectivity index (χ4v) is 4.72. The van der Waals surface area contributed by atoms with E-state index >= 15 is 0 Å². The lowest BCUT2D eigenvalue weighted by Gasteiger charge is -2.29. The van der Waals surface area contributed by atoms with Crippen molar-refractivity contribution in [3.63, 3.8) is 0 Å². The number of nitrogens with zero attached hydrogens (tertiary/aromatic N) is 2. The number of nitrogens with one attached hydrogen (secondary N) is 1. The highest BCUT2D eigenvalue weighted by molar-refractivity contribution is 6.06. The molecule has 1 unspecified atom stereocenters. The number of aryl methyl sites for hydroxylation is 1.